The van der Waals surface area contributed by atoms with E-state index in [-0.39, 0.29) is 24.5 Å². The second kappa shape index (κ2) is 9.54. The summed E-state index contributed by atoms with van der Waals surface area (Å²) in [6, 6.07) is 9.92. The summed E-state index contributed by atoms with van der Waals surface area (Å²) in [5, 5.41) is 0. The summed E-state index contributed by atoms with van der Waals surface area (Å²) >= 11 is 1.24. The lowest BCUT2D eigenvalue weighted by Gasteiger charge is -2.26. The van der Waals surface area contributed by atoms with Gasteiger partial charge in [-0.1, -0.05) is 17.4 Å². The molecule has 2 aliphatic rings. The largest absolute Gasteiger partial charge is 0.497 e. The monoisotopic (exact) mass is 508 g/mol. The number of hydrogen-bond donors (Lipinski definition) is 0. The van der Waals surface area contributed by atoms with Gasteiger partial charge in [0, 0.05) is 5.56 Å². The van der Waals surface area contributed by atoms with Crippen molar-refractivity contribution >= 4 is 23.4 Å². The maximum atomic E-state index is 13.8. The van der Waals surface area contributed by atoms with Gasteiger partial charge in [-0.15, -0.1) is 0 Å². The molecule has 2 aromatic carbocycles. The molecule has 186 valence electrons. The molecule has 10 heteroatoms. The van der Waals surface area contributed by atoms with E-state index in [2.05, 4.69) is 4.99 Å². The molecule has 0 spiro atoms. The number of nitrogens with zero attached hydrogens (tertiary/aromatic N) is 2. The van der Waals surface area contributed by atoms with E-state index < -0.39 is 12.0 Å². The van der Waals surface area contributed by atoms with Crippen LogP contribution in [-0.2, 0) is 9.53 Å². The van der Waals surface area contributed by atoms with Crippen molar-refractivity contribution in [2.75, 3.05) is 27.6 Å². The molecule has 0 N–H and O–H groups in total. The molecule has 0 bridgehead atoms. The van der Waals surface area contributed by atoms with Crippen LogP contribution in [0.3, 0.4) is 0 Å². The summed E-state index contributed by atoms with van der Waals surface area (Å²) in [4.78, 5) is 32.0. The number of aromatic nitrogens is 1. The molecule has 9 nitrogen and oxygen atoms in total. The van der Waals surface area contributed by atoms with E-state index in [1.165, 1.54) is 23.0 Å². The molecule has 3 aromatic rings. The third kappa shape index (κ3) is 4.03. The van der Waals surface area contributed by atoms with Crippen LogP contribution in [0.2, 0.25) is 0 Å². The number of carbonyl (C=O) groups excluding carboxylic acids is 1. The van der Waals surface area contributed by atoms with Crippen LogP contribution in [0.25, 0.3) is 6.08 Å². The molecule has 3 heterocycles. The third-order valence-corrected chi connectivity index (χ3v) is 6.93. The highest BCUT2D eigenvalue weighted by molar-refractivity contribution is 7.07. The Morgan fingerprint density at radius 2 is 1.97 bits per heavy atom. The molecule has 5 rings (SSSR count). The minimum Gasteiger partial charge on any atom is -0.497 e. The molecule has 2 aliphatic heterocycles. The van der Waals surface area contributed by atoms with E-state index in [4.69, 9.17) is 23.7 Å². The van der Waals surface area contributed by atoms with E-state index in [9.17, 15) is 9.59 Å². The topological polar surface area (TPSA) is 97.6 Å². The number of benzene rings is 2. The minimum absolute atomic E-state index is 0.166. The number of fused-ring (bicyclic) bond motifs is 2. The molecule has 0 radical (unpaired) electrons. The molecule has 0 amide bonds. The van der Waals surface area contributed by atoms with Gasteiger partial charge < -0.3 is 23.7 Å². The molecule has 0 unspecified atom stereocenters. The molecule has 1 atom stereocenters. The van der Waals surface area contributed by atoms with Crippen LogP contribution in [0.4, 0.5) is 0 Å². The predicted octanol–water partition coefficient (Wildman–Crippen LogP) is 2.54. The van der Waals surface area contributed by atoms with E-state index in [1.807, 2.05) is 12.1 Å². The zero-order valence-electron chi connectivity index (χ0n) is 20.2. The van der Waals surface area contributed by atoms with Crippen molar-refractivity contribution in [2.24, 2.45) is 4.99 Å². The van der Waals surface area contributed by atoms with E-state index in [0.717, 1.165) is 5.56 Å². The van der Waals surface area contributed by atoms with E-state index >= 15 is 0 Å². The average molecular weight is 509 g/mol. The molecule has 36 heavy (non-hydrogen) atoms. The second-order valence-corrected chi connectivity index (χ2v) is 9.03. The van der Waals surface area contributed by atoms with E-state index in [0.29, 0.717) is 43.6 Å². The summed E-state index contributed by atoms with van der Waals surface area (Å²) < 4.78 is 29.2. The Morgan fingerprint density at radius 3 is 2.72 bits per heavy atom. The Kier molecular flexibility index (Phi) is 6.27. The van der Waals surface area contributed by atoms with Crippen LogP contribution in [0.15, 0.2) is 57.5 Å². The number of rotatable bonds is 6. The van der Waals surface area contributed by atoms with Crippen molar-refractivity contribution in [1.82, 2.24) is 4.57 Å². The number of allylic oxidation sites excluding steroid dienone is 1. The van der Waals surface area contributed by atoms with Crippen molar-refractivity contribution in [3.05, 3.63) is 78.5 Å². The van der Waals surface area contributed by atoms with Crippen molar-refractivity contribution in [3.63, 3.8) is 0 Å². The molecule has 0 fully saturated rings. The highest BCUT2D eigenvalue weighted by atomic mass is 32.1. The van der Waals surface area contributed by atoms with Crippen LogP contribution in [0.1, 0.15) is 31.0 Å². The minimum atomic E-state index is -0.816. The Balaban J connectivity index is 1.74. The van der Waals surface area contributed by atoms with Crippen molar-refractivity contribution in [1.29, 1.82) is 0 Å². The predicted molar refractivity (Wildman–Crippen MR) is 133 cm³/mol. The van der Waals surface area contributed by atoms with Crippen LogP contribution >= 0.6 is 11.3 Å². The molecular weight excluding hydrogens is 484 g/mol. The van der Waals surface area contributed by atoms with Gasteiger partial charge in [0.15, 0.2) is 16.3 Å². The van der Waals surface area contributed by atoms with Crippen LogP contribution in [0.5, 0.6) is 23.0 Å². The average Bonchev–Trinajstić information content (AvgIpc) is 3.46. The second-order valence-electron chi connectivity index (χ2n) is 8.02. The van der Waals surface area contributed by atoms with Gasteiger partial charge in [0.25, 0.3) is 5.56 Å². The smallest absolute Gasteiger partial charge is 0.338 e. The van der Waals surface area contributed by atoms with Crippen LogP contribution < -0.4 is 33.8 Å². The Hall–Kier alpha value is -4.05. The number of thiazole rings is 1. The Labute approximate surface area is 210 Å². The number of ether oxygens (including phenoxy) is 5. The van der Waals surface area contributed by atoms with Gasteiger partial charge >= 0.3 is 5.97 Å². The first kappa shape index (κ1) is 23.7. The zero-order valence-corrected chi connectivity index (χ0v) is 21.0. The molecule has 1 aromatic heterocycles. The maximum Gasteiger partial charge on any atom is 0.338 e. The maximum absolute atomic E-state index is 13.8. The quantitative estimate of drug-likeness (QED) is 0.472. The normalized spacial score (nSPS) is 16.4. The first-order valence-electron chi connectivity index (χ1n) is 11.3. The van der Waals surface area contributed by atoms with Gasteiger partial charge in [-0.3, -0.25) is 9.36 Å². The first-order chi connectivity index (χ1) is 17.4. The first-order valence-corrected chi connectivity index (χ1v) is 12.1. The SMILES string of the molecule is CCOC(=O)C1=C(C)N=c2sc(=Cc3ccc4c(c3)OCO4)c(=O)n2[C@@H]1c1cc(OC)ccc1OC. The van der Waals surface area contributed by atoms with Crippen LogP contribution in [-0.4, -0.2) is 38.2 Å². The lowest BCUT2D eigenvalue weighted by molar-refractivity contribution is -0.139. The van der Waals surface area contributed by atoms with Gasteiger partial charge in [-0.2, -0.15) is 0 Å². The summed E-state index contributed by atoms with van der Waals surface area (Å²) in [5.41, 5.74) is 1.82. The Bertz CT molecular complexity index is 1570. The third-order valence-electron chi connectivity index (χ3n) is 5.94. The summed E-state index contributed by atoms with van der Waals surface area (Å²) in [6.45, 7) is 3.82. The van der Waals surface area contributed by atoms with Gasteiger partial charge in [0.1, 0.15) is 17.5 Å². The number of methoxy groups -OCH3 is 2. The van der Waals surface area contributed by atoms with Gasteiger partial charge in [-0.05, 0) is 55.8 Å². The highest BCUT2D eigenvalue weighted by Crippen LogP contribution is 2.38. The van der Waals surface area contributed by atoms with Gasteiger partial charge in [-0.25, -0.2) is 9.79 Å². The van der Waals surface area contributed by atoms with Crippen molar-refractivity contribution < 1.29 is 28.5 Å². The molecular formula is C26H24N2O7S. The summed E-state index contributed by atoms with van der Waals surface area (Å²) in [6.07, 6.45) is 1.77. The fourth-order valence-electron chi connectivity index (χ4n) is 4.29. The summed E-state index contributed by atoms with van der Waals surface area (Å²) in [7, 11) is 3.09. The molecule has 0 saturated heterocycles. The van der Waals surface area contributed by atoms with Crippen LogP contribution in [0, 0.1) is 0 Å². The highest BCUT2D eigenvalue weighted by Gasteiger charge is 2.35. The zero-order chi connectivity index (χ0) is 25.4. The number of carbonyl (C=O) groups is 1. The van der Waals surface area contributed by atoms with Gasteiger partial charge in [0.05, 0.1) is 36.6 Å². The van der Waals surface area contributed by atoms with Crippen molar-refractivity contribution in [2.45, 2.75) is 19.9 Å². The lowest BCUT2D eigenvalue weighted by Crippen LogP contribution is -2.40. The fraction of sp³-hybridized carbons (Fsp3) is 0.269. The number of esters is 1. The van der Waals surface area contributed by atoms with Gasteiger partial charge in [0.2, 0.25) is 6.79 Å². The standard InChI is InChI=1S/C26H24N2O7S/c1-5-33-25(30)22-14(2)27-26-28(23(22)17-12-16(31-3)7-9-18(17)32-4)24(29)21(36-26)11-15-6-8-19-20(10-15)35-13-34-19/h6-12,23H,5,13H2,1-4H3/t23-/m1/s1. The lowest BCUT2D eigenvalue weighted by atomic mass is 9.94. The Morgan fingerprint density at radius 1 is 1.17 bits per heavy atom. The molecule has 0 saturated carbocycles. The van der Waals surface area contributed by atoms with Crippen molar-refractivity contribution in [3.8, 4) is 23.0 Å². The fourth-order valence-corrected chi connectivity index (χ4v) is 5.34. The summed E-state index contributed by atoms with van der Waals surface area (Å²) in [5.74, 6) is 1.80. The van der Waals surface area contributed by atoms with E-state index in [1.54, 1.807) is 51.3 Å². The number of hydrogen-bond acceptors (Lipinski definition) is 9. The molecule has 0 aliphatic carbocycles.